The standard InChI is InChI=1S/C15H14ClN5O4/c1-2-24-7-10(15(22)23)25-14-8-6-18-21-12(8)19-13(20-14)11-9(16)4-3-5-17-11/h3-6,10H,2,7H2,1H3,(H,22,23)(H,18,19,20,21)/t10-/m0/s1. The zero-order valence-electron chi connectivity index (χ0n) is 13.1. The van der Waals surface area contributed by atoms with Gasteiger partial charge in [-0.1, -0.05) is 11.6 Å². The number of aromatic amines is 1. The van der Waals surface area contributed by atoms with Gasteiger partial charge in [0.05, 0.1) is 17.8 Å². The van der Waals surface area contributed by atoms with Crippen LogP contribution in [0.5, 0.6) is 5.88 Å². The molecule has 3 aromatic heterocycles. The van der Waals surface area contributed by atoms with Crippen molar-refractivity contribution in [2.24, 2.45) is 0 Å². The number of H-pyrrole nitrogens is 1. The number of ether oxygens (including phenoxy) is 2. The highest BCUT2D eigenvalue weighted by Crippen LogP contribution is 2.28. The molecule has 9 nitrogen and oxygen atoms in total. The molecule has 0 unspecified atom stereocenters. The van der Waals surface area contributed by atoms with E-state index < -0.39 is 12.1 Å². The van der Waals surface area contributed by atoms with Gasteiger partial charge in [-0.25, -0.2) is 9.78 Å². The van der Waals surface area contributed by atoms with E-state index in [1.54, 1.807) is 25.3 Å². The van der Waals surface area contributed by atoms with Crippen molar-refractivity contribution in [2.75, 3.05) is 13.2 Å². The Bertz CT molecular complexity index is 901. The lowest BCUT2D eigenvalue weighted by atomic mass is 10.3. The maximum absolute atomic E-state index is 11.4. The predicted molar refractivity (Wildman–Crippen MR) is 88.5 cm³/mol. The van der Waals surface area contributed by atoms with E-state index in [1.807, 2.05) is 0 Å². The number of fused-ring (bicyclic) bond motifs is 1. The number of aliphatic carboxylic acids is 1. The summed E-state index contributed by atoms with van der Waals surface area (Å²) < 4.78 is 10.7. The molecule has 0 amide bonds. The van der Waals surface area contributed by atoms with Crippen LogP contribution in [0.1, 0.15) is 6.92 Å². The highest BCUT2D eigenvalue weighted by molar-refractivity contribution is 6.32. The van der Waals surface area contributed by atoms with Crippen molar-refractivity contribution in [3.05, 3.63) is 29.5 Å². The maximum Gasteiger partial charge on any atom is 0.347 e. The summed E-state index contributed by atoms with van der Waals surface area (Å²) in [5.74, 6) is -0.915. The third kappa shape index (κ3) is 3.67. The summed E-state index contributed by atoms with van der Waals surface area (Å²) in [7, 11) is 0. The molecule has 2 N–H and O–H groups in total. The molecule has 0 aliphatic rings. The van der Waals surface area contributed by atoms with Crippen LogP contribution in [0.2, 0.25) is 5.02 Å². The lowest BCUT2D eigenvalue weighted by Gasteiger charge is -2.15. The van der Waals surface area contributed by atoms with Gasteiger partial charge in [0.15, 0.2) is 11.5 Å². The molecule has 0 bridgehead atoms. The lowest BCUT2D eigenvalue weighted by Crippen LogP contribution is -2.32. The number of rotatable bonds is 7. The molecule has 0 saturated carbocycles. The molecule has 1 atom stereocenters. The fourth-order valence-electron chi connectivity index (χ4n) is 2.07. The summed E-state index contributed by atoms with van der Waals surface area (Å²) in [6.45, 7) is 2.01. The first-order valence-corrected chi connectivity index (χ1v) is 7.77. The molecule has 130 valence electrons. The van der Waals surface area contributed by atoms with Crippen molar-refractivity contribution < 1.29 is 19.4 Å². The second-order valence-electron chi connectivity index (χ2n) is 4.92. The monoisotopic (exact) mass is 363 g/mol. The fraction of sp³-hybridized carbons (Fsp3) is 0.267. The molecule has 25 heavy (non-hydrogen) atoms. The predicted octanol–water partition coefficient (Wildman–Crippen LogP) is 1.94. The minimum Gasteiger partial charge on any atom is -0.478 e. The Morgan fingerprint density at radius 3 is 3.00 bits per heavy atom. The summed E-state index contributed by atoms with van der Waals surface area (Å²) in [6.07, 6.45) is 1.78. The minimum absolute atomic E-state index is 0.0579. The first kappa shape index (κ1) is 17.1. The molecule has 0 spiro atoms. The summed E-state index contributed by atoms with van der Waals surface area (Å²) in [4.78, 5) is 24.1. The van der Waals surface area contributed by atoms with Crippen LogP contribution < -0.4 is 4.74 Å². The molecule has 10 heteroatoms. The molecule has 0 fully saturated rings. The van der Waals surface area contributed by atoms with Gasteiger partial charge in [-0.05, 0) is 19.1 Å². The Balaban J connectivity index is 2.03. The average molecular weight is 364 g/mol. The molecule has 0 radical (unpaired) electrons. The Morgan fingerprint density at radius 1 is 1.44 bits per heavy atom. The number of nitrogens with one attached hydrogen (secondary N) is 1. The summed E-state index contributed by atoms with van der Waals surface area (Å²) in [5, 5.41) is 16.7. The first-order chi connectivity index (χ1) is 12.1. The number of hydrogen-bond donors (Lipinski definition) is 2. The summed E-state index contributed by atoms with van der Waals surface area (Å²) in [5.41, 5.74) is 0.726. The molecular formula is C15H14ClN5O4. The van der Waals surface area contributed by atoms with Crippen molar-refractivity contribution in [1.82, 2.24) is 25.1 Å². The van der Waals surface area contributed by atoms with E-state index in [9.17, 15) is 9.90 Å². The maximum atomic E-state index is 11.4. The highest BCUT2D eigenvalue weighted by Gasteiger charge is 2.23. The number of carbonyl (C=O) groups is 1. The normalized spacial score (nSPS) is 12.2. The zero-order chi connectivity index (χ0) is 17.8. The van der Waals surface area contributed by atoms with Crippen LogP contribution >= 0.6 is 11.6 Å². The van der Waals surface area contributed by atoms with Gasteiger partial charge in [0.1, 0.15) is 11.1 Å². The van der Waals surface area contributed by atoms with Crippen LogP contribution in [0, 0.1) is 0 Å². The minimum atomic E-state index is -1.22. The third-order valence-electron chi connectivity index (χ3n) is 3.25. The number of halogens is 1. The number of carboxylic acid groups (broad SMARTS) is 1. The topological polar surface area (TPSA) is 123 Å². The second kappa shape index (κ2) is 7.41. The number of carboxylic acids is 1. The van der Waals surface area contributed by atoms with E-state index in [0.29, 0.717) is 28.4 Å². The van der Waals surface area contributed by atoms with Gasteiger partial charge in [-0.15, -0.1) is 0 Å². The molecule has 3 rings (SSSR count). The summed E-state index contributed by atoms with van der Waals surface area (Å²) in [6, 6.07) is 3.33. The first-order valence-electron chi connectivity index (χ1n) is 7.39. The third-order valence-corrected chi connectivity index (χ3v) is 3.55. The molecule has 3 aromatic rings. The Hall–Kier alpha value is -2.78. The van der Waals surface area contributed by atoms with Crippen molar-refractivity contribution in [3.8, 4) is 17.4 Å². The van der Waals surface area contributed by atoms with Gasteiger partial charge < -0.3 is 14.6 Å². The number of pyridine rings is 1. The van der Waals surface area contributed by atoms with Gasteiger partial charge in [-0.2, -0.15) is 10.1 Å². The van der Waals surface area contributed by atoms with E-state index in [4.69, 9.17) is 21.1 Å². The molecule has 0 aliphatic heterocycles. The van der Waals surface area contributed by atoms with Gasteiger partial charge in [-0.3, -0.25) is 10.1 Å². The van der Waals surface area contributed by atoms with Gasteiger partial charge >= 0.3 is 5.97 Å². The zero-order valence-corrected chi connectivity index (χ0v) is 13.9. The lowest BCUT2D eigenvalue weighted by molar-refractivity contribution is -0.148. The van der Waals surface area contributed by atoms with E-state index in [-0.39, 0.29) is 18.3 Å². The van der Waals surface area contributed by atoms with E-state index >= 15 is 0 Å². The number of hydrogen-bond acceptors (Lipinski definition) is 7. The molecule has 3 heterocycles. The number of aromatic nitrogens is 5. The molecule has 0 saturated heterocycles. The van der Waals surface area contributed by atoms with Crippen molar-refractivity contribution in [1.29, 1.82) is 0 Å². The quantitative estimate of drug-likeness (QED) is 0.652. The van der Waals surface area contributed by atoms with Crippen molar-refractivity contribution in [2.45, 2.75) is 13.0 Å². The second-order valence-corrected chi connectivity index (χ2v) is 5.33. The molecule has 0 aliphatic carbocycles. The highest BCUT2D eigenvalue weighted by atomic mass is 35.5. The van der Waals surface area contributed by atoms with E-state index in [2.05, 4.69) is 25.1 Å². The van der Waals surface area contributed by atoms with Crippen molar-refractivity contribution >= 4 is 28.6 Å². The molecule has 0 aromatic carbocycles. The Morgan fingerprint density at radius 2 is 2.28 bits per heavy atom. The Labute approximate surface area is 147 Å². The van der Waals surface area contributed by atoms with Crippen LogP contribution in [0.3, 0.4) is 0 Å². The van der Waals surface area contributed by atoms with Crippen LogP contribution in [0.15, 0.2) is 24.5 Å². The SMILES string of the molecule is CCOC[C@H](Oc1nc(-c2ncccc2Cl)nc2[nH]ncc12)C(=O)O. The number of nitrogens with zero attached hydrogens (tertiary/aromatic N) is 4. The average Bonchev–Trinajstić information content (AvgIpc) is 3.07. The largest absolute Gasteiger partial charge is 0.478 e. The van der Waals surface area contributed by atoms with Crippen LogP contribution in [-0.4, -0.2) is 55.5 Å². The van der Waals surface area contributed by atoms with Crippen LogP contribution in [0.4, 0.5) is 0 Å². The van der Waals surface area contributed by atoms with E-state index in [1.165, 1.54) is 6.20 Å². The molecular weight excluding hydrogens is 350 g/mol. The van der Waals surface area contributed by atoms with Crippen LogP contribution in [-0.2, 0) is 9.53 Å². The smallest absolute Gasteiger partial charge is 0.347 e. The van der Waals surface area contributed by atoms with Gasteiger partial charge in [0, 0.05) is 12.8 Å². The Kier molecular flexibility index (Phi) is 5.05. The van der Waals surface area contributed by atoms with Gasteiger partial charge in [0.2, 0.25) is 12.0 Å². The van der Waals surface area contributed by atoms with E-state index in [0.717, 1.165) is 0 Å². The van der Waals surface area contributed by atoms with Crippen molar-refractivity contribution in [3.63, 3.8) is 0 Å². The van der Waals surface area contributed by atoms with Crippen LogP contribution in [0.25, 0.3) is 22.6 Å². The fourth-order valence-corrected chi connectivity index (χ4v) is 2.28. The van der Waals surface area contributed by atoms with Gasteiger partial charge in [0.25, 0.3) is 0 Å². The summed E-state index contributed by atoms with van der Waals surface area (Å²) >= 11 is 6.14.